The number of carbonyl (C=O) groups is 1. The highest BCUT2D eigenvalue weighted by Crippen LogP contribution is 2.30. The van der Waals surface area contributed by atoms with E-state index in [2.05, 4.69) is 27.3 Å². The smallest absolute Gasteiger partial charge is 0.230 e. The van der Waals surface area contributed by atoms with Crippen LogP contribution in [0.25, 0.3) is 0 Å². The number of likely N-dealkylation sites (tertiary alicyclic amines) is 1. The first-order valence-corrected chi connectivity index (χ1v) is 11.7. The summed E-state index contributed by atoms with van der Waals surface area (Å²) in [6.07, 6.45) is 7.32. The minimum Gasteiger partial charge on any atom is -0.353 e. The molecule has 0 bridgehead atoms. The van der Waals surface area contributed by atoms with Crippen LogP contribution < -0.4 is 5.32 Å². The Morgan fingerprint density at radius 2 is 1.92 bits per heavy atom. The average Bonchev–Trinajstić information content (AvgIpc) is 3.34. The molecule has 1 aliphatic carbocycles. The molecule has 8 heteroatoms. The SMILES string of the molecule is CCCCSc1nnc(SCC(=O)NC2CCN(C3CC3)CC2)s1. The van der Waals surface area contributed by atoms with Crippen LogP contribution in [-0.2, 0) is 4.79 Å². The topological polar surface area (TPSA) is 58.1 Å². The number of rotatable bonds is 9. The van der Waals surface area contributed by atoms with Gasteiger partial charge >= 0.3 is 0 Å². The van der Waals surface area contributed by atoms with Crippen molar-refractivity contribution in [2.24, 2.45) is 0 Å². The predicted molar refractivity (Wildman–Crippen MR) is 102 cm³/mol. The number of unbranched alkanes of at least 4 members (excludes halogenated alkanes) is 1. The van der Waals surface area contributed by atoms with Crippen molar-refractivity contribution in [2.45, 2.75) is 66.2 Å². The summed E-state index contributed by atoms with van der Waals surface area (Å²) in [6.45, 7) is 4.46. The van der Waals surface area contributed by atoms with Crippen molar-refractivity contribution in [3.8, 4) is 0 Å². The maximum Gasteiger partial charge on any atom is 0.230 e. The Kier molecular flexibility index (Phi) is 7.24. The first-order valence-electron chi connectivity index (χ1n) is 8.87. The van der Waals surface area contributed by atoms with Crippen molar-refractivity contribution in [1.29, 1.82) is 0 Å². The monoisotopic (exact) mass is 386 g/mol. The number of hydrogen-bond donors (Lipinski definition) is 1. The van der Waals surface area contributed by atoms with Crippen LogP contribution in [-0.4, -0.2) is 57.7 Å². The van der Waals surface area contributed by atoms with Crippen LogP contribution in [0.1, 0.15) is 45.4 Å². The van der Waals surface area contributed by atoms with E-state index >= 15 is 0 Å². The molecule has 0 atom stereocenters. The van der Waals surface area contributed by atoms with Gasteiger partial charge in [0, 0.05) is 30.9 Å². The third-order valence-corrected chi connectivity index (χ3v) is 7.67. The molecule has 1 saturated heterocycles. The van der Waals surface area contributed by atoms with Crippen LogP contribution in [0.2, 0.25) is 0 Å². The summed E-state index contributed by atoms with van der Waals surface area (Å²) < 4.78 is 1.91. The third kappa shape index (κ3) is 5.89. The summed E-state index contributed by atoms with van der Waals surface area (Å²) in [5.74, 6) is 1.66. The molecular weight excluding hydrogens is 360 g/mol. The van der Waals surface area contributed by atoms with Crippen LogP contribution in [0.15, 0.2) is 8.68 Å². The molecule has 0 aromatic carbocycles. The highest BCUT2D eigenvalue weighted by molar-refractivity contribution is 8.03. The molecule has 1 aliphatic heterocycles. The van der Waals surface area contributed by atoms with Crippen molar-refractivity contribution in [3.63, 3.8) is 0 Å². The third-order valence-electron chi connectivity index (χ3n) is 4.40. The zero-order valence-corrected chi connectivity index (χ0v) is 16.6. The molecule has 134 valence electrons. The van der Waals surface area contributed by atoms with E-state index in [4.69, 9.17) is 0 Å². The summed E-state index contributed by atoms with van der Waals surface area (Å²) in [7, 11) is 0. The molecule has 0 spiro atoms. The van der Waals surface area contributed by atoms with Crippen molar-refractivity contribution in [3.05, 3.63) is 0 Å². The maximum atomic E-state index is 12.1. The van der Waals surface area contributed by atoms with Gasteiger partial charge < -0.3 is 10.2 Å². The van der Waals surface area contributed by atoms with E-state index in [1.807, 2.05) is 0 Å². The van der Waals surface area contributed by atoms with E-state index in [-0.39, 0.29) is 5.91 Å². The van der Waals surface area contributed by atoms with Gasteiger partial charge in [0.25, 0.3) is 0 Å². The van der Waals surface area contributed by atoms with Crippen molar-refractivity contribution in [1.82, 2.24) is 20.4 Å². The molecule has 5 nitrogen and oxygen atoms in total. The maximum absolute atomic E-state index is 12.1. The number of nitrogens with zero attached hydrogens (tertiary/aromatic N) is 3. The second kappa shape index (κ2) is 9.40. The fraction of sp³-hybridized carbons (Fsp3) is 0.812. The zero-order chi connectivity index (χ0) is 16.8. The van der Waals surface area contributed by atoms with Crippen molar-refractivity contribution >= 4 is 40.8 Å². The summed E-state index contributed by atoms with van der Waals surface area (Å²) >= 11 is 4.86. The Balaban J connectivity index is 1.32. The van der Waals surface area contributed by atoms with Gasteiger partial charge in [0.15, 0.2) is 8.68 Å². The minimum atomic E-state index is 0.125. The van der Waals surface area contributed by atoms with Gasteiger partial charge in [-0.2, -0.15) is 0 Å². The number of amides is 1. The first kappa shape index (κ1) is 18.5. The van der Waals surface area contributed by atoms with Crippen LogP contribution in [0, 0.1) is 0 Å². The number of thioether (sulfide) groups is 2. The Hall–Kier alpha value is -0.310. The molecule has 2 fully saturated rings. The zero-order valence-electron chi connectivity index (χ0n) is 14.2. The lowest BCUT2D eigenvalue weighted by molar-refractivity contribution is -0.119. The highest BCUT2D eigenvalue weighted by atomic mass is 32.2. The van der Waals surface area contributed by atoms with E-state index in [0.29, 0.717) is 11.8 Å². The van der Waals surface area contributed by atoms with E-state index in [0.717, 1.165) is 46.4 Å². The molecule has 1 saturated carbocycles. The summed E-state index contributed by atoms with van der Waals surface area (Å²) in [5.41, 5.74) is 0. The molecule has 0 radical (unpaired) electrons. The first-order chi connectivity index (χ1) is 11.7. The quantitative estimate of drug-likeness (QED) is 0.519. The number of hydrogen-bond acceptors (Lipinski definition) is 7. The highest BCUT2D eigenvalue weighted by Gasteiger charge is 2.32. The van der Waals surface area contributed by atoms with Crippen molar-refractivity contribution in [2.75, 3.05) is 24.6 Å². The molecule has 1 amide bonds. The van der Waals surface area contributed by atoms with Gasteiger partial charge in [-0.25, -0.2) is 0 Å². The molecule has 1 N–H and O–H groups in total. The molecule has 1 aromatic heterocycles. The minimum absolute atomic E-state index is 0.125. The van der Waals surface area contributed by atoms with Gasteiger partial charge in [0.2, 0.25) is 5.91 Å². The largest absolute Gasteiger partial charge is 0.353 e. The number of piperidine rings is 1. The standard InChI is InChI=1S/C16H26N4OS3/c1-2-3-10-22-15-18-19-16(24-15)23-11-14(21)17-12-6-8-20(9-7-12)13-4-5-13/h12-13H,2-11H2,1H3,(H,17,21). The summed E-state index contributed by atoms with van der Waals surface area (Å²) in [6, 6.07) is 1.20. The van der Waals surface area contributed by atoms with E-state index < -0.39 is 0 Å². The second-order valence-electron chi connectivity index (χ2n) is 6.43. The fourth-order valence-corrected chi connectivity index (χ4v) is 5.85. The molecule has 3 rings (SSSR count). The summed E-state index contributed by atoms with van der Waals surface area (Å²) in [5, 5.41) is 11.5. The molecule has 24 heavy (non-hydrogen) atoms. The lowest BCUT2D eigenvalue weighted by atomic mass is 10.1. The van der Waals surface area contributed by atoms with Crippen LogP contribution in [0.3, 0.4) is 0 Å². The molecule has 0 unspecified atom stereocenters. The van der Waals surface area contributed by atoms with Gasteiger partial charge in [-0.1, -0.05) is 48.2 Å². The number of nitrogens with one attached hydrogen (secondary N) is 1. The lowest BCUT2D eigenvalue weighted by Gasteiger charge is -2.32. The molecule has 2 heterocycles. The van der Waals surface area contributed by atoms with E-state index in [9.17, 15) is 4.79 Å². The summed E-state index contributed by atoms with van der Waals surface area (Å²) in [4.78, 5) is 14.7. The average molecular weight is 387 g/mol. The number of aromatic nitrogens is 2. The second-order valence-corrected chi connectivity index (χ2v) is 9.98. The van der Waals surface area contributed by atoms with Crippen LogP contribution in [0.5, 0.6) is 0 Å². The molecular formula is C16H26N4OS3. The van der Waals surface area contributed by atoms with Crippen LogP contribution in [0.4, 0.5) is 0 Å². The Morgan fingerprint density at radius 1 is 1.21 bits per heavy atom. The Bertz CT molecular complexity index is 527. The van der Waals surface area contributed by atoms with E-state index in [1.54, 1.807) is 23.1 Å². The van der Waals surface area contributed by atoms with Crippen LogP contribution >= 0.6 is 34.9 Å². The van der Waals surface area contributed by atoms with Gasteiger partial charge in [-0.15, -0.1) is 10.2 Å². The van der Waals surface area contributed by atoms with Gasteiger partial charge in [0.1, 0.15) is 0 Å². The normalized spacial score (nSPS) is 19.5. The molecule has 1 aromatic rings. The fourth-order valence-electron chi connectivity index (χ4n) is 2.86. The van der Waals surface area contributed by atoms with Gasteiger partial charge in [0.05, 0.1) is 5.75 Å². The Labute approximate surface area is 156 Å². The molecule has 2 aliphatic rings. The Morgan fingerprint density at radius 3 is 2.58 bits per heavy atom. The van der Waals surface area contributed by atoms with Gasteiger partial charge in [-0.05, 0) is 32.1 Å². The van der Waals surface area contributed by atoms with Gasteiger partial charge in [-0.3, -0.25) is 4.79 Å². The lowest BCUT2D eigenvalue weighted by Crippen LogP contribution is -2.45. The van der Waals surface area contributed by atoms with E-state index in [1.165, 1.54) is 37.4 Å². The number of carbonyl (C=O) groups excluding carboxylic acids is 1. The van der Waals surface area contributed by atoms with Crippen molar-refractivity contribution < 1.29 is 4.79 Å². The predicted octanol–water partition coefficient (Wildman–Crippen LogP) is 3.27.